The van der Waals surface area contributed by atoms with E-state index in [1.807, 2.05) is 0 Å². The summed E-state index contributed by atoms with van der Waals surface area (Å²) in [5, 5.41) is 20.0. The maximum Gasteiger partial charge on any atom is 0.416 e. The summed E-state index contributed by atoms with van der Waals surface area (Å²) in [6.45, 7) is 0. The van der Waals surface area contributed by atoms with E-state index in [0.29, 0.717) is 0 Å². The van der Waals surface area contributed by atoms with Gasteiger partial charge in [-0.15, -0.1) is 0 Å². The predicted octanol–water partition coefficient (Wildman–Crippen LogP) is 1.82. The molecule has 1 aromatic rings. The summed E-state index contributed by atoms with van der Waals surface area (Å²) in [6.07, 6.45) is -9.05. The highest BCUT2D eigenvalue weighted by Crippen LogP contribution is 2.37. The van der Waals surface area contributed by atoms with Gasteiger partial charge < -0.3 is 19.7 Å². The average Bonchev–Trinajstić information content (AvgIpc) is 2.80. The number of rotatable bonds is 4. The molecule has 1 aliphatic heterocycles. The third-order valence-electron chi connectivity index (χ3n) is 3.77. The van der Waals surface area contributed by atoms with Crippen molar-refractivity contribution in [1.82, 2.24) is 0 Å². The van der Waals surface area contributed by atoms with Crippen LogP contribution in [0.3, 0.4) is 0 Å². The van der Waals surface area contributed by atoms with E-state index in [1.54, 1.807) is 0 Å². The van der Waals surface area contributed by atoms with Gasteiger partial charge in [0.05, 0.1) is 18.8 Å². The van der Waals surface area contributed by atoms with Crippen LogP contribution < -0.4 is 0 Å². The lowest BCUT2D eigenvalue weighted by molar-refractivity contribution is -0.142. The van der Waals surface area contributed by atoms with Gasteiger partial charge in [-0.2, -0.15) is 13.2 Å². The van der Waals surface area contributed by atoms with E-state index in [9.17, 15) is 28.2 Å². The molecule has 8 heteroatoms. The molecule has 1 saturated heterocycles. The van der Waals surface area contributed by atoms with Crippen LogP contribution in [0.5, 0.6) is 0 Å². The van der Waals surface area contributed by atoms with Gasteiger partial charge in [-0.3, -0.25) is 4.79 Å². The largest absolute Gasteiger partial charge is 0.469 e. The van der Waals surface area contributed by atoms with Gasteiger partial charge in [-0.05, 0) is 24.1 Å². The topological polar surface area (TPSA) is 76.0 Å². The Morgan fingerprint density at radius 1 is 1.30 bits per heavy atom. The Balaban J connectivity index is 2.13. The van der Waals surface area contributed by atoms with Crippen LogP contribution in [0.2, 0.25) is 0 Å². The molecule has 128 valence electrons. The molecule has 1 fully saturated rings. The molecular weight excluding hydrogens is 317 g/mol. The van der Waals surface area contributed by atoms with Crippen molar-refractivity contribution in [3.63, 3.8) is 0 Å². The molecule has 0 radical (unpaired) electrons. The minimum atomic E-state index is -4.51. The first-order valence-corrected chi connectivity index (χ1v) is 6.99. The van der Waals surface area contributed by atoms with E-state index < -0.39 is 42.1 Å². The van der Waals surface area contributed by atoms with Crippen LogP contribution in [0.1, 0.15) is 30.1 Å². The molecule has 0 amide bonds. The van der Waals surface area contributed by atoms with Crippen LogP contribution in [0.4, 0.5) is 13.2 Å². The standard InChI is InChI=1S/C15H17F3O5/c1-22-11(19)6-5-10-12(20)13(21)14(23-10)8-3-2-4-9(7-8)15(16,17)18/h2-4,7,10,12-14,20-21H,5-6H2,1H3/t10-,12-,13-,14-/m0/s1. The lowest BCUT2D eigenvalue weighted by atomic mass is 9.98. The van der Waals surface area contributed by atoms with Crippen molar-refractivity contribution in [3.05, 3.63) is 35.4 Å². The van der Waals surface area contributed by atoms with Crippen LogP contribution >= 0.6 is 0 Å². The third kappa shape index (κ3) is 4.01. The maximum absolute atomic E-state index is 12.7. The number of esters is 1. The van der Waals surface area contributed by atoms with Gasteiger partial charge in [0.2, 0.25) is 0 Å². The van der Waals surface area contributed by atoms with E-state index in [1.165, 1.54) is 19.2 Å². The molecule has 1 heterocycles. The molecule has 0 bridgehead atoms. The summed E-state index contributed by atoms with van der Waals surface area (Å²) in [4.78, 5) is 11.1. The Bertz CT molecular complexity index is 560. The van der Waals surface area contributed by atoms with Crippen LogP contribution in [-0.2, 0) is 20.4 Å². The van der Waals surface area contributed by atoms with E-state index in [0.717, 1.165) is 12.1 Å². The van der Waals surface area contributed by atoms with Gasteiger partial charge in [-0.25, -0.2) is 0 Å². The van der Waals surface area contributed by atoms with Crippen molar-refractivity contribution in [1.29, 1.82) is 0 Å². The minimum absolute atomic E-state index is 0.0275. The third-order valence-corrected chi connectivity index (χ3v) is 3.77. The number of halogens is 3. The molecule has 0 unspecified atom stereocenters. The molecule has 0 aliphatic carbocycles. The number of hydrogen-bond donors (Lipinski definition) is 2. The quantitative estimate of drug-likeness (QED) is 0.822. The van der Waals surface area contributed by atoms with Gasteiger partial charge in [0.25, 0.3) is 0 Å². The van der Waals surface area contributed by atoms with Gasteiger partial charge in [0, 0.05) is 6.42 Å². The van der Waals surface area contributed by atoms with Gasteiger partial charge >= 0.3 is 12.1 Å². The highest BCUT2D eigenvalue weighted by molar-refractivity contribution is 5.69. The highest BCUT2D eigenvalue weighted by atomic mass is 19.4. The van der Waals surface area contributed by atoms with E-state index in [-0.39, 0.29) is 18.4 Å². The number of methoxy groups -OCH3 is 1. The van der Waals surface area contributed by atoms with E-state index in [4.69, 9.17) is 4.74 Å². The number of aliphatic hydroxyl groups is 2. The second kappa shape index (κ2) is 6.86. The molecule has 23 heavy (non-hydrogen) atoms. The number of aliphatic hydroxyl groups excluding tert-OH is 2. The monoisotopic (exact) mass is 334 g/mol. The van der Waals surface area contributed by atoms with Gasteiger partial charge in [-0.1, -0.05) is 12.1 Å². The second-order valence-electron chi connectivity index (χ2n) is 5.31. The first-order chi connectivity index (χ1) is 10.7. The fourth-order valence-electron chi connectivity index (χ4n) is 2.52. The fraction of sp³-hybridized carbons (Fsp3) is 0.533. The summed E-state index contributed by atoms with van der Waals surface area (Å²) in [5.74, 6) is -0.502. The molecular formula is C15H17F3O5. The maximum atomic E-state index is 12.7. The molecule has 0 saturated carbocycles. The SMILES string of the molecule is COC(=O)CC[C@@H]1O[C@@H](c2cccc(C(F)(F)F)c2)[C@@H](O)[C@H]1O. The Hall–Kier alpha value is -1.64. The number of benzene rings is 1. The number of carbonyl (C=O) groups is 1. The summed E-state index contributed by atoms with van der Waals surface area (Å²) < 4.78 is 48.2. The van der Waals surface area contributed by atoms with Crippen LogP contribution in [0.25, 0.3) is 0 Å². The molecule has 4 atom stereocenters. The number of hydrogen-bond acceptors (Lipinski definition) is 5. The predicted molar refractivity (Wildman–Crippen MR) is 72.3 cm³/mol. The van der Waals surface area contributed by atoms with Crippen molar-refractivity contribution in [2.75, 3.05) is 7.11 Å². The van der Waals surface area contributed by atoms with Crippen molar-refractivity contribution in [3.8, 4) is 0 Å². The molecule has 0 aromatic heterocycles. The Morgan fingerprint density at radius 3 is 2.61 bits per heavy atom. The normalized spacial score (nSPS) is 27.9. The van der Waals surface area contributed by atoms with Crippen LogP contribution in [-0.4, -0.2) is 41.6 Å². The first-order valence-electron chi connectivity index (χ1n) is 6.99. The van der Waals surface area contributed by atoms with Crippen molar-refractivity contribution in [2.24, 2.45) is 0 Å². The van der Waals surface area contributed by atoms with Crippen LogP contribution in [0.15, 0.2) is 24.3 Å². The molecule has 0 spiro atoms. The van der Waals surface area contributed by atoms with E-state index in [2.05, 4.69) is 4.74 Å². The Morgan fingerprint density at radius 2 is 2.00 bits per heavy atom. The molecule has 1 aromatic carbocycles. The van der Waals surface area contributed by atoms with Crippen LogP contribution in [0, 0.1) is 0 Å². The smallest absolute Gasteiger partial charge is 0.416 e. The molecule has 2 rings (SSSR count). The first kappa shape index (κ1) is 17.7. The Labute approximate surface area is 130 Å². The summed E-state index contributed by atoms with van der Waals surface area (Å²) >= 11 is 0. The van der Waals surface area contributed by atoms with Gasteiger partial charge in [0.15, 0.2) is 0 Å². The molecule has 5 nitrogen and oxygen atoms in total. The number of ether oxygens (including phenoxy) is 2. The lowest BCUT2D eigenvalue weighted by Gasteiger charge is -2.16. The van der Waals surface area contributed by atoms with Crippen molar-refractivity contribution >= 4 is 5.97 Å². The molecule has 1 aliphatic rings. The number of alkyl halides is 3. The average molecular weight is 334 g/mol. The van der Waals surface area contributed by atoms with Gasteiger partial charge in [0.1, 0.15) is 18.3 Å². The van der Waals surface area contributed by atoms with Crippen molar-refractivity contribution < 1.29 is 37.7 Å². The zero-order valence-electron chi connectivity index (χ0n) is 12.3. The zero-order valence-corrected chi connectivity index (χ0v) is 12.3. The Kier molecular flexibility index (Phi) is 5.28. The molecule has 2 N–H and O–H groups in total. The minimum Gasteiger partial charge on any atom is -0.469 e. The summed E-state index contributed by atoms with van der Waals surface area (Å²) in [6, 6.07) is 4.39. The number of carbonyl (C=O) groups excluding carboxylic acids is 1. The fourth-order valence-corrected chi connectivity index (χ4v) is 2.52. The highest BCUT2D eigenvalue weighted by Gasteiger charge is 2.43. The zero-order chi connectivity index (χ0) is 17.2. The van der Waals surface area contributed by atoms with E-state index >= 15 is 0 Å². The van der Waals surface area contributed by atoms with Crippen molar-refractivity contribution in [2.45, 2.75) is 43.4 Å². The summed E-state index contributed by atoms with van der Waals surface area (Å²) in [7, 11) is 1.22. The lowest BCUT2D eigenvalue weighted by Crippen LogP contribution is -2.30. The summed E-state index contributed by atoms with van der Waals surface area (Å²) in [5.41, 5.74) is -0.745. The second-order valence-corrected chi connectivity index (χ2v) is 5.31.